The first-order valence-electron chi connectivity index (χ1n) is 6.33. The van der Waals surface area contributed by atoms with Crippen LogP contribution in [0, 0.1) is 5.41 Å². The van der Waals surface area contributed by atoms with Crippen LogP contribution >= 0.6 is 0 Å². The van der Waals surface area contributed by atoms with Crippen LogP contribution in [0.1, 0.15) is 32.5 Å². The zero-order valence-corrected chi connectivity index (χ0v) is 11.1. The quantitative estimate of drug-likeness (QED) is 0.864. The van der Waals surface area contributed by atoms with E-state index in [1.807, 2.05) is 19.4 Å². The molecule has 0 aromatic carbocycles. The van der Waals surface area contributed by atoms with Crippen molar-refractivity contribution in [2.75, 3.05) is 13.2 Å². The summed E-state index contributed by atoms with van der Waals surface area (Å²) in [6, 6.07) is 0.291. The Morgan fingerprint density at radius 2 is 2.29 bits per heavy atom. The van der Waals surface area contributed by atoms with E-state index in [0.29, 0.717) is 11.5 Å². The lowest BCUT2D eigenvalue weighted by Crippen LogP contribution is -2.48. The van der Waals surface area contributed by atoms with Gasteiger partial charge in [-0.05, 0) is 18.3 Å². The summed E-state index contributed by atoms with van der Waals surface area (Å²) in [5.41, 5.74) is 0.344. The van der Waals surface area contributed by atoms with Gasteiger partial charge in [0.1, 0.15) is 5.82 Å². The number of imidazole rings is 1. The van der Waals surface area contributed by atoms with Crippen LogP contribution in [-0.2, 0) is 13.6 Å². The van der Waals surface area contributed by atoms with E-state index in [1.165, 1.54) is 6.42 Å². The van der Waals surface area contributed by atoms with Crippen LogP contribution < -0.4 is 0 Å². The van der Waals surface area contributed by atoms with Crippen LogP contribution in [-0.4, -0.2) is 38.8 Å². The fourth-order valence-electron chi connectivity index (χ4n) is 2.62. The van der Waals surface area contributed by atoms with E-state index >= 15 is 0 Å². The smallest absolute Gasteiger partial charge is 0.122 e. The van der Waals surface area contributed by atoms with E-state index in [2.05, 4.69) is 28.3 Å². The lowest BCUT2D eigenvalue weighted by molar-refractivity contribution is 0.0240. The molecular weight excluding hydrogens is 214 g/mol. The average molecular weight is 237 g/mol. The van der Waals surface area contributed by atoms with Crippen molar-refractivity contribution in [3.05, 3.63) is 18.2 Å². The SMILES string of the molecule is Cn1ccnc1CN1CC(C)(C)CCC1CO. The summed E-state index contributed by atoms with van der Waals surface area (Å²) in [4.78, 5) is 6.73. The molecule has 1 aliphatic rings. The van der Waals surface area contributed by atoms with Gasteiger partial charge in [-0.3, -0.25) is 4.90 Å². The highest BCUT2D eigenvalue weighted by Crippen LogP contribution is 2.32. The second-order valence-electron chi connectivity index (χ2n) is 5.90. The minimum Gasteiger partial charge on any atom is -0.395 e. The van der Waals surface area contributed by atoms with Gasteiger partial charge in [0.25, 0.3) is 0 Å². The molecule has 0 bridgehead atoms. The number of likely N-dealkylation sites (tertiary alicyclic amines) is 1. The van der Waals surface area contributed by atoms with Crippen LogP contribution in [0.4, 0.5) is 0 Å². The summed E-state index contributed by atoms with van der Waals surface area (Å²) in [6.07, 6.45) is 6.07. The van der Waals surface area contributed by atoms with Gasteiger partial charge in [0.15, 0.2) is 0 Å². The highest BCUT2D eigenvalue weighted by atomic mass is 16.3. The number of nitrogens with zero attached hydrogens (tertiary/aromatic N) is 3. The van der Waals surface area contributed by atoms with Crippen molar-refractivity contribution in [1.29, 1.82) is 0 Å². The number of aryl methyl sites for hydroxylation is 1. The van der Waals surface area contributed by atoms with Crippen molar-refractivity contribution >= 4 is 0 Å². The molecule has 0 spiro atoms. The van der Waals surface area contributed by atoms with Crippen molar-refractivity contribution < 1.29 is 5.11 Å². The molecule has 17 heavy (non-hydrogen) atoms. The summed E-state index contributed by atoms with van der Waals surface area (Å²) < 4.78 is 2.05. The number of aliphatic hydroxyl groups is 1. The minimum atomic E-state index is 0.250. The third-order valence-corrected chi connectivity index (χ3v) is 3.78. The third kappa shape index (κ3) is 2.87. The van der Waals surface area contributed by atoms with Crippen molar-refractivity contribution in [2.45, 2.75) is 39.3 Å². The molecule has 0 aliphatic carbocycles. The molecular formula is C13H23N3O. The summed E-state index contributed by atoms with van der Waals surface area (Å²) in [5, 5.41) is 9.46. The predicted molar refractivity (Wildman–Crippen MR) is 67.5 cm³/mol. The Labute approximate surface area is 103 Å². The molecule has 0 amide bonds. The van der Waals surface area contributed by atoms with Gasteiger partial charge in [0.05, 0.1) is 13.2 Å². The molecule has 1 fully saturated rings. The van der Waals surface area contributed by atoms with E-state index in [0.717, 1.165) is 25.3 Å². The monoisotopic (exact) mass is 237 g/mol. The van der Waals surface area contributed by atoms with E-state index in [-0.39, 0.29) is 6.61 Å². The number of aromatic nitrogens is 2. The first-order chi connectivity index (χ1) is 8.02. The zero-order chi connectivity index (χ0) is 12.5. The van der Waals surface area contributed by atoms with Crippen molar-refractivity contribution in [3.63, 3.8) is 0 Å². The Morgan fingerprint density at radius 3 is 2.88 bits per heavy atom. The van der Waals surface area contributed by atoms with E-state index in [9.17, 15) is 5.11 Å². The van der Waals surface area contributed by atoms with Gasteiger partial charge in [-0.15, -0.1) is 0 Å². The van der Waals surface area contributed by atoms with E-state index < -0.39 is 0 Å². The van der Waals surface area contributed by atoms with Gasteiger partial charge in [-0.1, -0.05) is 13.8 Å². The summed E-state index contributed by atoms with van der Waals surface area (Å²) in [6.45, 7) is 6.71. The molecule has 0 saturated carbocycles. The summed E-state index contributed by atoms with van der Waals surface area (Å²) in [5.74, 6) is 1.07. The second kappa shape index (κ2) is 4.78. The molecule has 4 heteroatoms. The molecule has 1 N–H and O–H groups in total. The number of aliphatic hydroxyl groups excluding tert-OH is 1. The van der Waals surface area contributed by atoms with Gasteiger partial charge < -0.3 is 9.67 Å². The molecule has 96 valence electrons. The minimum absolute atomic E-state index is 0.250. The molecule has 4 nitrogen and oxygen atoms in total. The van der Waals surface area contributed by atoms with Crippen LogP contribution in [0.15, 0.2) is 12.4 Å². The van der Waals surface area contributed by atoms with E-state index in [1.54, 1.807) is 0 Å². The van der Waals surface area contributed by atoms with Crippen LogP contribution in [0.25, 0.3) is 0 Å². The lowest BCUT2D eigenvalue weighted by Gasteiger charge is -2.43. The fraction of sp³-hybridized carbons (Fsp3) is 0.769. The zero-order valence-electron chi connectivity index (χ0n) is 11.1. The van der Waals surface area contributed by atoms with Crippen molar-refractivity contribution in [3.8, 4) is 0 Å². The maximum atomic E-state index is 9.46. The van der Waals surface area contributed by atoms with Crippen molar-refractivity contribution in [2.24, 2.45) is 12.5 Å². The molecule has 0 radical (unpaired) electrons. The molecule has 1 aromatic rings. The molecule has 2 rings (SSSR count). The molecule has 1 aliphatic heterocycles. The summed E-state index contributed by atoms with van der Waals surface area (Å²) in [7, 11) is 2.02. The first kappa shape index (κ1) is 12.6. The van der Waals surface area contributed by atoms with Crippen LogP contribution in [0.2, 0.25) is 0 Å². The Balaban J connectivity index is 2.08. The van der Waals surface area contributed by atoms with Gasteiger partial charge in [-0.2, -0.15) is 0 Å². The highest BCUT2D eigenvalue weighted by Gasteiger charge is 2.32. The van der Waals surface area contributed by atoms with E-state index in [4.69, 9.17) is 0 Å². The molecule has 1 saturated heterocycles. The topological polar surface area (TPSA) is 41.3 Å². The average Bonchev–Trinajstić information content (AvgIpc) is 2.64. The van der Waals surface area contributed by atoms with Gasteiger partial charge >= 0.3 is 0 Å². The maximum Gasteiger partial charge on any atom is 0.122 e. The molecule has 1 atom stereocenters. The van der Waals surface area contributed by atoms with Crippen molar-refractivity contribution in [1.82, 2.24) is 14.5 Å². The lowest BCUT2D eigenvalue weighted by atomic mass is 9.81. The Morgan fingerprint density at radius 1 is 1.53 bits per heavy atom. The van der Waals surface area contributed by atoms with Crippen LogP contribution in [0.3, 0.4) is 0 Å². The standard InChI is InChI=1S/C13H23N3O/c1-13(2)5-4-11(9-17)16(10-13)8-12-14-6-7-15(12)3/h6-7,11,17H,4-5,8-10H2,1-3H3. The summed E-state index contributed by atoms with van der Waals surface area (Å²) >= 11 is 0. The number of hydrogen-bond acceptors (Lipinski definition) is 3. The number of piperidine rings is 1. The molecule has 2 heterocycles. The second-order valence-corrected chi connectivity index (χ2v) is 5.90. The normalized spacial score (nSPS) is 25.1. The largest absolute Gasteiger partial charge is 0.395 e. The van der Waals surface area contributed by atoms with Crippen LogP contribution in [0.5, 0.6) is 0 Å². The Hall–Kier alpha value is -0.870. The van der Waals surface area contributed by atoms with Gasteiger partial charge in [0, 0.05) is 32.0 Å². The Bertz CT molecular complexity index is 372. The fourth-order valence-corrected chi connectivity index (χ4v) is 2.62. The first-order valence-corrected chi connectivity index (χ1v) is 6.33. The maximum absolute atomic E-state index is 9.46. The highest BCUT2D eigenvalue weighted by molar-refractivity contribution is 4.94. The third-order valence-electron chi connectivity index (χ3n) is 3.78. The number of hydrogen-bond donors (Lipinski definition) is 1. The van der Waals surface area contributed by atoms with Gasteiger partial charge in [0.2, 0.25) is 0 Å². The van der Waals surface area contributed by atoms with Gasteiger partial charge in [-0.25, -0.2) is 4.98 Å². The number of rotatable bonds is 3. The predicted octanol–water partition coefficient (Wildman–Crippen LogP) is 1.40. The molecule has 1 aromatic heterocycles. The Kier molecular flexibility index (Phi) is 3.54. The molecule has 1 unspecified atom stereocenters.